The van der Waals surface area contributed by atoms with E-state index in [4.69, 9.17) is 0 Å². The standard InChI is InChI=1S/C20H21F2N3O4/c1-10-8-23(5-6-24(10)11(2)26)15-7-14-16(18(22)17(15)21)19(27)13(20(28)29)9-25(14)12-3-4-12/h7,9-10,12H,3-6,8H2,1-2H3,(H,28,29). The maximum Gasteiger partial charge on any atom is 0.341 e. The highest BCUT2D eigenvalue weighted by molar-refractivity contribution is 5.94. The van der Waals surface area contributed by atoms with Gasteiger partial charge in [0.15, 0.2) is 11.6 Å². The Morgan fingerprint density at radius 2 is 1.86 bits per heavy atom. The maximum absolute atomic E-state index is 15.0. The summed E-state index contributed by atoms with van der Waals surface area (Å²) in [5.74, 6) is -4.06. The van der Waals surface area contributed by atoms with Crippen LogP contribution in [0.25, 0.3) is 10.9 Å². The summed E-state index contributed by atoms with van der Waals surface area (Å²) in [7, 11) is 0. The van der Waals surface area contributed by atoms with Gasteiger partial charge in [0, 0.05) is 44.8 Å². The number of nitrogens with zero attached hydrogens (tertiary/aromatic N) is 3. The second-order valence-electron chi connectivity index (χ2n) is 7.74. The first-order valence-electron chi connectivity index (χ1n) is 9.53. The third kappa shape index (κ3) is 3.14. The van der Waals surface area contributed by atoms with Crippen molar-refractivity contribution in [2.45, 2.75) is 38.8 Å². The molecule has 2 heterocycles. The first-order valence-corrected chi connectivity index (χ1v) is 9.53. The van der Waals surface area contributed by atoms with Gasteiger partial charge in [0.2, 0.25) is 11.3 Å². The van der Waals surface area contributed by atoms with Crippen molar-refractivity contribution in [2.24, 2.45) is 0 Å². The number of carboxylic acids is 1. The summed E-state index contributed by atoms with van der Waals surface area (Å²) in [6.45, 7) is 4.33. The Bertz CT molecular complexity index is 1090. The van der Waals surface area contributed by atoms with Gasteiger partial charge < -0.3 is 19.5 Å². The van der Waals surface area contributed by atoms with Crippen LogP contribution in [0.15, 0.2) is 17.1 Å². The number of carbonyl (C=O) groups is 2. The van der Waals surface area contributed by atoms with Gasteiger partial charge in [-0.1, -0.05) is 0 Å². The van der Waals surface area contributed by atoms with E-state index < -0.39 is 34.0 Å². The molecule has 1 aliphatic carbocycles. The number of carboxylic acid groups (broad SMARTS) is 1. The molecule has 0 bridgehead atoms. The van der Waals surface area contributed by atoms with Crippen molar-refractivity contribution in [3.05, 3.63) is 39.7 Å². The topological polar surface area (TPSA) is 82.8 Å². The number of anilines is 1. The van der Waals surface area contributed by atoms with Gasteiger partial charge in [-0.05, 0) is 25.8 Å². The lowest BCUT2D eigenvalue weighted by atomic mass is 10.1. The van der Waals surface area contributed by atoms with E-state index in [-0.39, 0.29) is 29.2 Å². The molecule has 0 spiro atoms. The molecule has 7 nitrogen and oxygen atoms in total. The van der Waals surface area contributed by atoms with Crippen LogP contribution >= 0.6 is 0 Å². The zero-order valence-corrected chi connectivity index (χ0v) is 16.1. The Labute approximate surface area is 165 Å². The van der Waals surface area contributed by atoms with Crippen LogP contribution in [0.2, 0.25) is 0 Å². The number of halogens is 2. The fourth-order valence-corrected chi connectivity index (χ4v) is 4.10. The molecule has 1 unspecified atom stereocenters. The van der Waals surface area contributed by atoms with Crippen molar-refractivity contribution < 1.29 is 23.5 Å². The number of aromatic carboxylic acids is 1. The first kappa shape index (κ1) is 19.4. The van der Waals surface area contributed by atoms with Gasteiger partial charge in [0.05, 0.1) is 16.6 Å². The number of carbonyl (C=O) groups excluding carboxylic acids is 1. The van der Waals surface area contributed by atoms with Crippen LogP contribution in [-0.2, 0) is 4.79 Å². The van der Waals surface area contributed by atoms with Crippen molar-refractivity contribution in [1.29, 1.82) is 0 Å². The summed E-state index contributed by atoms with van der Waals surface area (Å²) >= 11 is 0. The highest BCUT2D eigenvalue weighted by Gasteiger charge is 2.32. The lowest BCUT2D eigenvalue weighted by molar-refractivity contribution is -0.131. The van der Waals surface area contributed by atoms with Gasteiger partial charge in [-0.15, -0.1) is 0 Å². The van der Waals surface area contributed by atoms with Crippen LogP contribution in [0, 0.1) is 11.6 Å². The molecular formula is C20H21F2N3O4. The average Bonchev–Trinajstić information content (AvgIpc) is 3.48. The highest BCUT2D eigenvalue weighted by Crippen LogP contribution is 2.39. The number of rotatable bonds is 3. The molecule has 9 heteroatoms. The summed E-state index contributed by atoms with van der Waals surface area (Å²) in [5, 5.41) is 8.77. The Kier molecular flexibility index (Phi) is 4.55. The van der Waals surface area contributed by atoms with E-state index in [1.54, 1.807) is 14.4 Å². The molecule has 29 heavy (non-hydrogen) atoms. The molecule has 0 radical (unpaired) electrons. The highest BCUT2D eigenvalue weighted by atomic mass is 19.2. The third-order valence-electron chi connectivity index (χ3n) is 5.73. The second-order valence-corrected chi connectivity index (χ2v) is 7.74. The van der Waals surface area contributed by atoms with Crippen molar-refractivity contribution in [2.75, 3.05) is 24.5 Å². The number of hydrogen-bond acceptors (Lipinski definition) is 4. The van der Waals surface area contributed by atoms with E-state index in [2.05, 4.69) is 0 Å². The summed E-state index contributed by atoms with van der Waals surface area (Å²) in [5.41, 5.74) is -1.39. The number of aromatic nitrogens is 1. The van der Waals surface area contributed by atoms with Crippen LogP contribution in [0.4, 0.5) is 14.5 Å². The fourth-order valence-electron chi connectivity index (χ4n) is 4.10. The fraction of sp³-hybridized carbons (Fsp3) is 0.450. The number of hydrogen-bond donors (Lipinski definition) is 1. The van der Waals surface area contributed by atoms with E-state index in [0.717, 1.165) is 12.8 Å². The molecule has 2 aliphatic rings. The van der Waals surface area contributed by atoms with E-state index in [0.29, 0.717) is 19.6 Å². The lowest BCUT2D eigenvalue weighted by Gasteiger charge is -2.40. The molecule has 1 saturated heterocycles. The molecule has 1 N–H and O–H groups in total. The quantitative estimate of drug-likeness (QED) is 0.848. The molecule has 1 saturated carbocycles. The molecule has 4 rings (SSSR count). The Morgan fingerprint density at radius 3 is 2.41 bits per heavy atom. The largest absolute Gasteiger partial charge is 0.477 e. The van der Waals surface area contributed by atoms with Crippen molar-refractivity contribution in [3.63, 3.8) is 0 Å². The molecule has 1 amide bonds. The summed E-state index contributed by atoms with van der Waals surface area (Å²) < 4.78 is 31.5. The Hall–Kier alpha value is -2.97. The van der Waals surface area contributed by atoms with Crippen molar-refractivity contribution >= 4 is 28.5 Å². The van der Waals surface area contributed by atoms with E-state index in [1.165, 1.54) is 19.2 Å². The summed E-state index contributed by atoms with van der Waals surface area (Å²) in [6, 6.07) is 1.21. The molecule has 1 aromatic carbocycles. The number of piperazine rings is 1. The van der Waals surface area contributed by atoms with Crippen LogP contribution in [0.3, 0.4) is 0 Å². The minimum atomic E-state index is -1.47. The second kappa shape index (κ2) is 6.82. The van der Waals surface area contributed by atoms with Crippen LogP contribution < -0.4 is 10.3 Å². The third-order valence-corrected chi connectivity index (χ3v) is 5.73. The van der Waals surface area contributed by atoms with Crippen LogP contribution in [-0.4, -0.2) is 52.1 Å². The number of benzene rings is 1. The van der Waals surface area contributed by atoms with Crippen molar-refractivity contribution in [3.8, 4) is 0 Å². The van der Waals surface area contributed by atoms with E-state index >= 15 is 4.39 Å². The first-order chi connectivity index (χ1) is 13.7. The molecule has 1 atom stereocenters. The summed E-state index contributed by atoms with van der Waals surface area (Å²) in [6.07, 6.45) is 2.78. The number of fused-ring (bicyclic) bond motifs is 1. The molecular weight excluding hydrogens is 384 g/mol. The molecule has 2 fully saturated rings. The maximum atomic E-state index is 15.0. The van der Waals surface area contributed by atoms with Gasteiger partial charge in [0.1, 0.15) is 5.56 Å². The van der Waals surface area contributed by atoms with Crippen molar-refractivity contribution in [1.82, 2.24) is 9.47 Å². The van der Waals surface area contributed by atoms with Gasteiger partial charge in [-0.2, -0.15) is 0 Å². The molecule has 1 aromatic heterocycles. The van der Waals surface area contributed by atoms with Gasteiger partial charge in [0.25, 0.3) is 0 Å². The smallest absolute Gasteiger partial charge is 0.341 e. The zero-order chi connectivity index (χ0) is 21.0. The lowest BCUT2D eigenvalue weighted by Crippen LogP contribution is -2.53. The van der Waals surface area contributed by atoms with Gasteiger partial charge in [-0.3, -0.25) is 9.59 Å². The Morgan fingerprint density at radius 1 is 1.17 bits per heavy atom. The SMILES string of the molecule is CC(=O)N1CCN(c2cc3c(c(F)c2F)c(=O)c(C(=O)O)cn3C2CC2)CC1C. The van der Waals surface area contributed by atoms with Gasteiger partial charge >= 0.3 is 5.97 Å². The number of pyridine rings is 1. The average molecular weight is 405 g/mol. The monoisotopic (exact) mass is 405 g/mol. The molecule has 154 valence electrons. The Balaban J connectivity index is 1.88. The predicted octanol–water partition coefficient (Wildman–Crippen LogP) is 2.37. The molecule has 2 aromatic rings. The molecule has 1 aliphatic heterocycles. The number of amides is 1. The minimum absolute atomic E-state index is 0.0157. The predicted molar refractivity (Wildman–Crippen MR) is 102 cm³/mol. The summed E-state index contributed by atoms with van der Waals surface area (Å²) in [4.78, 5) is 39.0. The van der Waals surface area contributed by atoms with E-state index in [9.17, 15) is 23.9 Å². The minimum Gasteiger partial charge on any atom is -0.477 e. The normalized spacial score (nSPS) is 19.7. The zero-order valence-electron chi connectivity index (χ0n) is 16.1. The van der Waals surface area contributed by atoms with E-state index in [1.807, 2.05) is 6.92 Å². The van der Waals surface area contributed by atoms with Crippen LogP contribution in [0.1, 0.15) is 43.1 Å². The van der Waals surface area contributed by atoms with Crippen LogP contribution in [0.5, 0.6) is 0 Å². The van der Waals surface area contributed by atoms with Gasteiger partial charge in [-0.25, -0.2) is 13.6 Å².